The molecule has 6 rings (SSSR count). The van der Waals surface area contributed by atoms with E-state index in [-0.39, 0.29) is 29.3 Å². The topological polar surface area (TPSA) is 84.7 Å². The van der Waals surface area contributed by atoms with Gasteiger partial charge in [0.15, 0.2) is 5.54 Å². The van der Waals surface area contributed by atoms with Crippen LogP contribution in [-0.4, -0.2) is 34.4 Å². The first kappa shape index (κ1) is 23.1. The number of rotatable bonds is 5. The van der Waals surface area contributed by atoms with E-state index in [9.17, 15) is 19.3 Å². The maximum absolute atomic E-state index is 14.3. The van der Waals surface area contributed by atoms with E-state index in [2.05, 4.69) is 21.2 Å². The van der Waals surface area contributed by atoms with Gasteiger partial charge in [0, 0.05) is 44.4 Å². The van der Waals surface area contributed by atoms with Gasteiger partial charge in [0.05, 0.1) is 5.92 Å². The third kappa shape index (κ3) is 3.29. The average molecular weight is 552 g/mol. The molecule has 0 saturated carbocycles. The number of amides is 1. The van der Waals surface area contributed by atoms with Gasteiger partial charge in [0.1, 0.15) is 18.2 Å². The van der Waals surface area contributed by atoms with E-state index in [1.54, 1.807) is 36.4 Å². The summed E-state index contributed by atoms with van der Waals surface area (Å²) in [6.07, 6.45) is 1.56. The van der Waals surface area contributed by atoms with Gasteiger partial charge in [-0.3, -0.25) is 19.8 Å². The Kier molecular flexibility index (Phi) is 5.57. The third-order valence-corrected chi connectivity index (χ3v) is 8.26. The molecule has 3 aromatic rings. The molecule has 36 heavy (non-hydrogen) atoms. The van der Waals surface area contributed by atoms with E-state index in [0.29, 0.717) is 34.7 Å². The number of ether oxygens (including phenoxy) is 1. The fourth-order valence-corrected chi connectivity index (χ4v) is 6.81. The zero-order valence-corrected chi connectivity index (χ0v) is 20.8. The Hall–Kier alpha value is -3.30. The highest BCUT2D eigenvalue weighted by Gasteiger charge is 2.73. The van der Waals surface area contributed by atoms with Gasteiger partial charge in [-0.25, -0.2) is 4.39 Å². The van der Waals surface area contributed by atoms with Gasteiger partial charge in [-0.2, -0.15) is 0 Å². The minimum atomic E-state index is -1.41. The Labute approximate surface area is 215 Å². The molecule has 4 atom stereocenters. The molecule has 3 aliphatic rings. The average Bonchev–Trinajstić information content (AvgIpc) is 3.52. The number of fused-ring (bicyclic) bond motifs is 4. The van der Waals surface area contributed by atoms with Crippen molar-refractivity contribution in [3.63, 3.8) is 0 Å². The molecule has 3 aliphatic heterocycles. The van der Waals surface area contributed by atoms with Crippen molar-refractivity contribution in [2.75, 3.05) is 11.9 Å². The van der Waals surface area contributed by atoms with Crippen LogP contribution < -0.4 is 10.1 Å². The molecule has 0 aromatic heterocycles. The number of carbonyl (C=O) groups is 1. The molecule has 184 valence electrons. The number of hydrogen-bond acceptors (Lipinski definition) is 5. The van der Waals surface area contributed by atoms with Crippen LogP contribution in [0, 0.1) is 15.9 Å². The molecule has 1 amide bonds. The standard InChI is InChI=1S/C27H23BrFN3O4/c28-17-11-12-23(36-15-16-6-1-3-8-20(16)29)18(14-17)24-22-10-5-13-31(22)27(25(24)32(34)35)19-7-2-4-9-21(19)30-26(27)33/h1-4,6-9,11-12,14,22,24-25H,5,10,13,15H2,(H,30,33)/t22-,24+,25-,27+/m1/s1. The highest BCUT2D eigenvalue weighted by molar-refractivity contribution is 9.10. The number of nitrogens with one attached hydrogen (secondary N) is 1. The predicted molar refractivity (Wildman–Crippen MR) is 135 cm³/mol. The summed E-state index contributed by atoms with van der Waals surface area (Å²) in [7, 11) is 0. The van der Waals surface area contributed by atoms with Gasteiger partial charge >= 0.3 is 0 Å². The van der Waals surface area contributed by atoms with Crippen molar-refractivity contribution in [3.05, 3.63) is 104 Å². The van der Waals surface area contributed by atoms with Crippen LogP contribution in [0.1, 0.15) is 35.4 Å². The van der Waals surface area contributed by atoms with Crippen LogP contribution in [0.25, 0.3) is 0 Å². The van der Waals surface area contributed by atoms with Gasteiger partial charge in [-0.05, 0) is 43.2 Å². The molecule has 1 spiro atoms. The van der Waals surface area contributed by atoms with Crippen LogP contribution in [0.3, 0.4) is 0 Å². The highest BCUT2D eigenvalue weighted by Crippen LogP contribution is 2.59. The molecular formula is C27H23BrFN3O4. The van der Waals surface area contributed by atoms with Crippen molar-refractivity contribution >= 4 is 27.5 Å². The molecule has 0 radical (unpaired) electrons. The van der Waals surface area contributed by atoms with Crippen molar-refractivity contribution < 1.29 is 18.8 Å². The zero-order chi connectivity index (χ0) is 25.0. The van der Waals surface area contributed by atoms with E-state index in [0.717, 1.165) is 17.3 Å². The van der Waals surface area contributed by atoms with Gasteiger partial charge in [-0.1, -0.05) is 52.3 Å². The number of nitro groups is 1. The van der Waals surface area contributed by atoms with Crippen molar-refractivity contribution in [1.29, 1.82) is 0 Å². The first-order valence-electron chi connectivity index (χ1n) is 11.9. The van der Waals surface area contributed by atoms with Crippen LogP contribution in [0.15, 0.2) is 71.2 Å². The Balaban J connectivity index is 1.49. The van der Waals surface area contributed by atoms with Crippen LogP contribution in [0.2, 0.25) is 0 Å². The van der Waals surface area contributed by atoms with Crippen LogP contribution in [-0.2, 0) is 16.9 Å². The Morgan fingerprint density at radius 3 is 2.75 bits per heavy atom. The normalized spacial score (nSPS) is 26.6. The van der Waals surface area contributed by atoms with Gasteiger partial charge < -0.3 is 10.1 Å². The molecule has 2 saturated heterocycles. The number of para-hydroxylation sites is 1. The van der Waals surface area contributed by atoms with Gasteiger partial charge in [0.25, 0.3) is 11.9 Å². The molecule has 3 heterocycles. The zero-order valence-electron chi connectivity index (χ0n) is 19.2. The number of hydrogen-bond donors (Lipinski definition) is 1. The third-order valence-electron chi connectivity index (χ3n) is 7.77. The lowest BCUT2D eigenvalue weighted by Crippen LogP contribution is -2.55. The summed E-state index contributed by atoms with van der Waals surface area (Å²) < 4.78 is 21.1. The fourth-order valence-electron chi connectivity index (χ4n) is 6.43. The number of nitrogens with zero attached hydrogens (tertiary/aromatic N) is 2. The Bertz CT molecular complexity index is 1380. The summed E-state index contributed by atoms with van der Waals surface area (Å²) in [5.74, 6) is -0.884. The SMILES string of the molecule is O=C1Nc2ccccc2[C@]12[C@H]([N+](=O)[O-])[C@@H](c1cc(Br)ccc1OCc1ccccc1F)[C@H]1CCCN12. The first-order chi connectivity index (χ1) is 17.4. The monoisotopic (exact) mass is 551 g/mol. The molecular weight excluding hydrogens is 529 g/mol. The summed E-state index contributed by atoms with van der Waals surface area (Å²) in [5.41, 5.74) is 0.901. The smallest absolute Gasteiger partial charge is 0.256 e. The summed E-state index contributed by atoms with van der Waals surface area (Å²) >= 11 is 3.52. The summed E-state index contributed by atoms with van der Waals surface area (Å²) in [5, 5.41) is 15.8. The van der Waals surface area contributed by atoms with Gasteiger partial charge in [0.2, 0.25) is 0 Å². The second kappa shape index (κ2) is 8.67. The van der Waals surface area contributed by atoms with E-state index in [4.69, 9.17) is 4.74 Å². The van der Waals surface area contributed by atoms with Crippen LogP contribution >= 0.6 is 15.9 Å². The lowest BCUT2D eigenvalue weighted by molar-refractivity contribution is -0.534. The summed E-state index contributed by atoms with van der Waals surface area (Å²) in [6, 6.07) is 17.6. The number of anilines is 1. The lowest BCUT2D eigenvalue weighted by atomic mass is 9.77. The molecule has 7 nitrogen and oxygen atoms in total. The van der Waals surface area contributed by atoms with Crippen molar-refractivity contribution in [3.8, 4) is 5.75 Å². The summed E-state index contributed by atoms with van der Waals surface area (Å²) in [6.45, 7) is 0.576. The predicted octanol–water partition coefficient (Wildman–Crippen LogP) is 5.22. The Morgan fingerprint density at radius 1 is 1.17 bits per heavy atom. The number of benzene rings is 3. The largest absolute Gasteiger partial charge is 0.488 e. The second-order valence-corrected chi connectivity index (χ2v) is 10.4. The van der Waals surface area contributed by atoms with Gasteiger partial charge in [-0.15, -0.1) is 0 Å². The number of carbonyl (C=O) groups excluding carboxylic acids is 1. The molecule has 3 aromatic carbocycles. The van der Waals surface area contributed by atoms with E-state index in [1.807, 2.05) is 29.2 Å². The first-order valence-corrected chi connectivity index (χ1v) is 12.7. The van der Waals surface area contributed by atoms with E-state index < -0.39 is 17.5 Å². The van der Waals surface area contributed by atoms with Crippen LogP contribution in [0.5, 0.6) is 5.75 Å². The molecule has 0 aliphatic carbocycles. The van der Waals surface area contributed by atoms with Crippen molar-refractivity contribution in [2.24, 2.45) is 0 Å². The number of halogens is 2. The van der Waals surface area contributed by atoms with Crippen molar-refractivity contribution in [1.82, 2.24) is 4.90 Å². The minimum Gasteiger partial charge on any atom is -0.488 e. The quantitative estimate of drug-likeness (QED) is 0.347. The molecule has 0 bridgehead atoms. The maximum Gasteiger partial charge on any atom is 0.256 e. The van der Waals surface area contributed by atoms with Crippen molar-refractivity contribution in [2.45, 2.75) is 43.0 Å². The molecule has 0 unspecified atom stereocenters. The van der Waals surface area contributed by atoms with E-state index in [1.165, 1.54) is 6.07 Å². The fraction of sp³-hybridized carbons (Fsp3) is 0.296. The van der Waals surface area contributed by atoms with Crippen LogP contribution in [0.4, 0.5) is 10.1 Å². The lowest BCUT2D eigenvalue weighted by Gasteiger charge is -2.32. The molecule has 1 N–H and O–H groups in total. The highest BCUT2D eigenvalue weighted by atomic mass is 79.9. The minimum absolute atomic E-state index is 0.0139. The van der Waals surface area contributed by atoms with E-state index >= 15 is 0 Å². The molecule has 2 fully saturated rings. The Morgan fingerprint density at radius 2 is 1.94 bits per heavy atom. The maximum atomic E-state index is 14.3. The summed E-state index contributed by atoms with van der Waals surface area (Å²) in [4.78, 5) is 28.2. The second-order valence-electron chi connectivity index (χ2n) is 9.49. The molecule has 9 heteroatoms.